The molecule has 1 aliphatic rings. The SMILES string of the molecule is CC(C)n1cnc(-c2ccc(F)cc2)c1-c1ncc(C(=O)Nc2ccc(N3CCN(CC(F)(F)F)CC3)cc2)[nH]1. The highest BCUT2D eigenvalue weighted by Crippen LogP contribution is 2.32. The summed E-state index contributed by atoms with van der Waals surface area (Å²) >= 11 is 0. The summed E-state index contributed by atoms with van der Waals surface area (Å²) in [5.74, 6) is -0.274. The van der Waals surface area contributed by atoms with Gasteiger partial charge in [-0.1, -0.05) is 0 Å². The number of anilines is 2. The lowest BCUT2D eigenvalue weighted by Gasteiger charge is -2.36. The van der Waals surface area contributed by atoms with Crippen molar-refractivity contribution in [3.05, 3.63) is 72.6 Å². The summed E-state index contributed by atoms with van der Waals surface area (Å²) in [7, 11) is 0. The summed E-state index contributed by atoms with van der Waals surface area (Å²) in [4.78, 5) is 28.5. The standard InChI is InChI=1S/C28H29F4N7O/c1-18(2)39-17-34-24(19-3-5-20(29)6-4-19)25(39)26-33-15-23(36-26)27(40)35-21-7-9-22(10-8-21)38-13-11-37(12-14-38)16-28(30,31)32/h3-10,15,17-18H,11-14,16H2,1-2H3,(H,33,36)(H,35,40). The average molecular weight is 556 g/mol. The van der Waals surface area contributed by atoms with Crippen LogP contribution < -0.4 is 10.2 Å². The Bertz CT molecular complexity index is 1450. The smallest absolute Gasteiger partial charge is 0.369 e. The minimum absolute atomic E-state index is 0.0604. The van der Waals surface area contributed by atoms with Gasteiger partial charge < -0.3 is 19.8 Å². The van der Waals surface area contributed by atoms with E-state index < -0.39 is 12.7 Å². The summed E-state index contributed by atoms with van der Waals surface area (Å²) in [5.41, 5.74) is 3.72. The molecule has 40 heavy (non-hydrogen) atoms. The van der Waals surface area contributed by atoms with Gasteiger partial charge in [0.25, 0.3) is 5.91 Å². The van der Waals surface area contributed by atoms with E-state index in [1.54, 1.807) is 30.6 Å². The third-order valence-corrected chi connectivity index (χ3v) is 6.78. The molecule has 1 fully saturated rings. The highest BCUT2D eigenvalue weighted by Gasteiger charge is 2.32. The number of carbonyl (C=O) groups excluding carboxylic acids is 1. The number of hydrogen-bond donors (Lipinski definition) is 2. The van der Waals surface area contributed by atoms with Gasteiger partial charge in [0.05, 0.1) is 24.8 Å². The van der Waals surface area contributed by atoms with Crippen molar-refractivity contribution >= 4 is 17.3 Å². The van der Waals surface area contributed by atoms with Crippen LogP contribution in [0.5, 0.6) is 0 Å². The average Bonchev–Trinajstić information content (AvgIpc) is 3.57. The maximum atomic E-state index is 13.5. The molecule has 0 saturated carbocycles. The van der Waals surface area contributed by atoms with Crippen molar-refractivity contribution in [2.24, 2.45) is 0 Å². The zero-order valence-electron chi connectivity index (χ0n) is 22.0. The van der Waals surface area contributed by atoms with Gasteiger partial charge in [0, 0.05) is 49.2 Å². The van der Waals surface area contributed by atoms with E-state index in [2.05, 4.69) is 20.3 Å². The van der Waals surface area contributed by atoms with Crippen LogP contribution in [-0.2, 0) is 0 Å². The van der Waals surface area contributed by atoms with Gasteiger partial charge in [-0.25, -0.2) is 14.4 Å². The highest BCUT2D eigenvalue weighted by molar-refractivity contribution is 6.03. The first kappa shape index (κ1) is 27.4. The Morgan fingerprint density at radius 2 is 1.68 bits per heavy atom. The van der Waals surface area contributed by atoms with E-state index in [9.17, 15) is 22.4 Å². The second-order valence-electron chi connectivity index (χ2n) is 9.97. The molecule has 0 radical (unpaired) electrons. The molecule has 1 aliphatic heterocycles. The van der Waals surface area contributed by atoms with Gasteiger partial charge in [-0.2, -0.15) is 13.2 Å². The van der Waals surface area contributed by atoms with E-state index in [0.29, 0.717) is 49.1 Å². The Hall–Kier alpha value is -4.19. The number of hydrogen-bond acceptors (Lipinski definition) is 5. The van der Waals surface area contributed by atoms with Crippen molar-refractivity contribution in [2.75, 3.05) is 42.9 Å². The van der Waals surface area contributed by atoms with Gasteiger partial charge in [0.15, 0.2) is 5.82 Å². The van der Waals surface area contributed by atoms with Crippen LogP contribution in [0.1, 0.15) is 30.4 Å². The lowest BCUT2D eigenvalue weighted by molar-refractivity contribution is -0.146. The Labute approximate surface area is 228 Å². The predicted octanol–water partition coefficient (Wildman–Crippen LogP) is 5.60. The second-order valence-corrected chi connectivity index (χ2v) is 9.97. The topological polar surface area (TPSA) is 82.1 Å². The van der Waals surface area contributed by atoms with Crippen molar-refractivity contribution in [3.8, 4) is 22.8 Å². The number of halogens is 4. The normalized spacial score (nSPS) is 14.6. The fourth-order valence-electron chi connectivity index (χ4n) is 4.73. The molecule has 0 bridgehead atoms. The molecule has 0 atom stereocenters. The number of aromatic amines is 1. The number of nitrogens with one attached hydrogen (secondary N) is 2. The molecule has 1 amide bonds. The van der Waals surface area contributed by atoms with E-state index in [-0.39, 0.29) is 23.5 Å². The van der Waals surface area contributed by atoms with Gasteiger partial charge in [-0.3, -0.25) is 9.69 Å². The van der Waals surface area contributed by atoms with Crippen molar-refractivity contribution in [1.29, 1.82) is 0 Å². The quantitative estimate of drug-likeness (QED) is 0.290. The lowest BCUT2D eigenvalue weighted by Crippen LogP contribution is -2.49. The molecule has 0 aliphatic carbocycles. The Morgan fingerprint density at radius 1 is 1.00 bits per heavy atom. The lowest BCUT2D eigenvalue weighted by atomic mass is 10.1. The van der Waals surface area contributed by atoms with E-state index in [4.69, 9.17) is 0 Å². The first-order chi connectivity index (χ1) is 19.1. The number of piperazine rings is 1. The molecule has 4 aromatic rings. The number of nitrogens with zero attached hydrogens (tertiary/aromatic N) is 5. The molecule has 2 aromatic heterocycles. The van der Waals surface area contributed by atoms with Crippen LogP contribution in [0.25, 0.3) is 22.8 Å². The van der Waals surface area contributed by atoms with Crippen LogP contribution in [0.4, 0.5) is 28.9 Å². The number of amides is 1. The fraction of sp³-hybridized carbons (Fsp3) is 0.321. The second kappa shape index (κ2) is 11.1. The van der Waals surface area contributed by atoms with Gasteiger partial charge in [0.1, 0.15) is 17.2 Å². The van der Waals surface area contributed by atoms with Crippen LogP contribution in [-0.4, -0.2) is 69.2 Å². The molecule has 5 rings (SSSR count). The fourth-order valence-corrected chi connectivity index (χ4v) is 4.73. The van der Waals surface area contributed by atoms with Gasteiger partial charge >= 0.3 is 6.18 Å². The van der Waals surface area contributed by atoms with Crippen molar-refractivity contribution in [1.82, 2.24) is 24.4 Å². The third-order valence-electron chi connectivity index (χ3n) is 6.78. The van der Waals surface area contributed by atoms with Crippen molar-refractivity contribution < 1.29 is 22.4 Å². The first-order valence-corrected chi connectivity index (χ1v) is 12.9. The summed E-state index contributed by atoms with van der Waals surface area (Å²) in [6.45, 7) is 4.76. The van der Waals surface area contributed by atoms with Crippen LogP contribution in [0.15, 0.2) is 61.1 Å². The maximum absolute atomic E-state index is 13.5. The summed E-state index contributed by atoms with van der Waals surface area (Å²) < 4.78 is 53.3. The summed E-state index contributed by atoms with van der Waals surface area (Å²) in [6.07, 6.45) is -1.05. The van der Waals surface area contributed by atoms with Crippen LogP contribution >= 0.6 is 0 Å². The zero-order chi connectivity index (χ0) is 28.4. The Kier molecular flexibility index (Phi) is 7.61. The van der Waals surface area contributed by atoms with Crippen LogP contribution in [0.2, 0.25) is 0 Å². The Balaban J connectivity index is 1.27. The molecule has 2 aromatic carbocycles. The van der Waals surface area contributed by atoms with E-state index >= 15 is 0 Å². The zero-order valence-corrected chi connectivity index (χ0v) is 22.0. The molecular formula is C28H29F4N7O. The molecule has 8 nitrogen and oxygen atoms in total. The number of carbonyl (C=O) groups is 1. The minimum Gasteiger partial charge on any atom is -0.369 e. The number of imidazole rings is 2. The molecule has 0 unspecified atom stereocenters. The molecule has 210 valence electrons. The number of H-pyrrole nitrogens is 1. The minimum atomic E-state index is -4.20. The van der Waals surface area contributed by atoms with Crippen molar-refractivity contribution in [3.63, 3.8) is 0 Å². The molecule has 2 N–H and O–H groups in total. The van der Waals surface area contributed by atoms with E-state index in [1.807, 2.05) is 35.4 Å². The number of benzene rings is 2. The number of alkyl halides is 3. The van der Waals surface area contributed by atoms with E-state index in [0.717, 1.165) is 11.3 Å². The third kappa shape index (κ3) is 6.17. The highest BCUT2D eigenvalue weighted by atomic mass is 19.4. The Morgan fingerprint density at radius 3 is 2.30 bits per heavy atom. The molecule has 3 heterocycles. The first-order valence-electron chi connectivity index (χ1n) is 12.9. The summed E-state index contributed by atoms with van der Waals surface area (Å²) in [5, 5.41) is 2.84. The molecule has 0 spiro atoms. The number of aromatic nitrogens is 4. The molecular weight excluding hydrogens is 526 g/mol. The molecule has 1 saturated heterocycles. The molecule has 12 heteroatoms. The van der Waals surface area contributed by atoms with Crippen LogP contribution in [0, 0.1) is 5.82 Å². The van der Waals surface area contributed by atoms with Gasteiger partial charge in [0.2, 0.25) is 0 Å². The van der Waals surface area contributed by atoms with Crippen molar-refractivity contribution in [2.45, 2.75) is 26.1 Å². The number of rotatable bonds is 7. The monoisotopic (exact) mass is 555 g/mol. The van der Waals surface area contributed by atoms with Gasteiger partial charge in [-0.15, -0.1) is 0 Å². The maximum Gasteiger partial charge on any atom is 0.401 e. The van der Waals surface area contributed by atoms with E-state index in [1.165, 1.54) is 23.2 Å². The largest absolute Gasteiger partial charge is 0.401 e. The summed E-state index contributed by atoms with van der Waals surface area (Å²) in [6, 6.07) is 13.3. The van der Waals surface area contributed by atoms with Gasteiger partial charge in [-0.05, 0) is 62.4 Å². The van der Waals surface area contributed by atoms with Crippen LogP contribution in [0.3, 0.4) is 0 Å². The predicted molar refractivity (Wildman–Crippen MR) is 145 cm³/mol.